The highest BCUT2D eigenvalue weighted by atomic mass is 16.6. The lowest BCUT2D eigenvalue weighted by Gasteiger charge is -2.53. The number of ether oxygens (including phenoxy) is 4. The highest BCUT2D eigenvalue weighted by molar-refractivity contribution is 5.97. The van der Waals surface area contributed by atoms with Crippen LogP contribution >= 0.6 is 0 Å². The predicted molar refractivity (Wildman–Crippen MR) is 132 cm³/mol. The molecule has 38 heavy (non-hydrogen) atoms. The molecule has 0 aromatic carbocycles. The van der Waals surface area contributed by atoms with Gasteiger partial charge in [0.15, 0.2) is 11.4 Å². The van der Waals surface area contributed by atoms with E-state index in [0.29, 0.717) is 22.5 Å². The van der Waals surface area contributed by atoms with E-state index in [9.17, 15) is 19.2 Å². The number of cyclic esters (lactones) is 1. The summed E-state index contributed by atoms with van der Waals surface area (Å²) in [4.78, 5) is 51.2. The molecule has 202 valence electrons. The summed E-state index contributed by atoms with van der Waals surface area (Å²) in [5.74, 6) is -1.85. The fourth-order valence-corrected chi connectivity index (χ4v) is 7.13. The summed E-state index contributed by atoms with van der Waals surface area (Å²) in [6, 6.07) is 1.70. The molecule has 0 spiro atoms. The first kappa shape index (κ1) is 26.0. The molecule has 4 aliphatic rings. The Hall–Kier alpha value is -3.62. The largest absolute Gasteiger partial charge is 0.482 e. The van der Waals surface area contributed by atoms with Gasteiger partial charge in [-0.05, 0) is 50.0 Å². The topological polar surface area (TPSA) is 118 Å². The number of furan rings is 1. The van der Waals surface area contributed by atoms with Gasteiger partial charge in [-0.3, -0.25) is 14.4 Å². The zero-order chi connectivity index (χ0) is 27.8. The zero-order valence-electron chi connectivity index (χ0n) is 22.6. The number of methoxy groups -OCH3 is 1. The Morgan fingerprint density at radius 3 is 2.37 bits per heavy atom. The van der Waals surface area contributed by atoms with Gasteiger partial charge in [-0.1, -0.05) is 13.8 Å². The fourth-order valence-electron chi connectivity index (χ4n) is 7.13. The van der Waals surface area contributed by atoms with Crippen LogP contribution in [0.4, 0.5) is 0 Å². The number of hydrogen-bond acceptors (Lipinski definition) is 9. The van der Waals surface area contributed by atoms with Gasteiger partial charge in [0, 0.05) is 30.1 Å². The summed E-state index contributed by atoms with van der Waals surface area (Å²) in [6.45, 7) is 10.6. The molecule has 1 saturated heterocycles. The van der Waals surface area contributed by atoms with Gasteiger partial charge >= 0.3 is 17.9 Å². The molecule has 1 fully saturated rings. The van der Waals surface area contributed by atoms with Gasteiger partial charge in [-0.2, -0.15) is 0 Å². The molecule has 1 aromatic rings. The molecule has 6 unspecified atom stereocenters. The van der Waals surface area contributed by atoms with E-state index in [-0.39, 0.29) is 12.2 Å². The minimum absolute atomic E-state index is 0.0336. The van der Waals surface area contributed by atoms with Crippen molar-refractivity contribution in [2.24, 2.45) is 22.2 Å². The van der Waals surface area contributed by atoms with Gasteiger partial charge in [-0.15, -0.1) is 0 Å². The van der Waals surface area contributed by atoms with Crippen LogP contribution in [0.25, 0.3) is 0 Å². The van der Waals surface area contributed by atoms with Gasteiger partial charge < -0.3 is 23.4 Å². The van der Waals surface area contributed by atoms with Gasteiger partial charge in [0.2, 0.25) is 0 Å². The maximum absolute atomic E-state index is 13.3. The van der Waals surface area contributed by atoms with E-state index >= 15 is 0 Å². The van der Waals surface area contributed by atoms with Crippen molar-refractivity contribution in [1.29, 1.82) is 0 Å². The molecule has 2 aliphatic heterocycles. The molecule has 9 heteroatoms. The van der Waals surface area contributed by atoms with Gasteiger partial charge in [0.1, 0.15) is 18.0 Å². The van der Waals surface area contributed by atoms with Crippen molar-refractivity contribution in [2.75, 3.05) is 7.11 Å². The minimum Gasteiger partial charge on any atom is -0.482 e. The normalized spacial score (nSPS) is 36.8. The third kappa shape index (κ3) is 3.29. The van der Waals surface area contributed by atoms with E-state index in [4.69, 9.17) is 23.4 Å². The molecule has 6 atom stereocenters. The number of carbonyl (C=O) groups excluding carboxylic acids is 4. The summed E-state index contributed by atoms with van der Waals surface area (Å²) in [5, 5.41) is 0. The van der Waals surface area contributed by atoms with Crippen LogP contribution in [0.3, 0.4) is 0 Å². The van der Waals surface area contributed by atoms with E-state index in [1.54, 1.807) is 19.9 Å². The smallest absolute Gasteiger partial charge is 0.331 e. The molecular formula is C29H32O9. The van der Waals surface area contributed by atoms with Crippen molar-refractivity contribution in [1.82, 2.24) is 0 Å². The quantitative estimate of drug-likeness (QED) is 0.325. The Kier molecular flexibility index (Phi) is 5.60. The number of carbonyl (C=O) groups is 4. The number of ketones is 1. The first-order chi connectivity index (χ1) is 17.7. The molecule has 0 bridgehead atoms. The van der Waals surface area contributed by atoms with Crippen LogP contribution in [0.1, 0.15) is 59.6 Å². The van der Waals surface area contributed by atoms with Crippen LogP contribution in [0, 0.1) is 22.2 Å². The summed E-state index contributed by atoms with van der Waals surface area (Å²) in [6.07, 6.45) is 5.97. The van der Waals surface area contributed by atoms with Crippen LogP contribution in [0.5, 0.6) is 0 Å². The Bertz CT molecular complexity index is 1330. The standard InChI is InChI=1S/C29H32O9/c1-15(30)36-21-10-18-27(4)17(11-23(32)34-7)26(2,3)20(31)13-22(27)38-29(18,6)19-12-24(33)37-25(28(19,21)5)16-8-9-35-14-16/h8-10,12-14,17,21,25H,11H2,1-7H3. The molecule has 9 nitrogen and oxygen atoms in total. The first-order valence-electron chi connectivity index (χ1n) is 12.6. The number of esters is 3. The number of hydrogen-bond donors (Lipinski definition) is 0. The molecule has 0 radical (unpaired) electrons. The molecule has 0 saturated carbocycles. The maximum Gasteiger partial charge on any atom is 0.331 e. The second kappa shape index (κ2) is 8.19. The summed E-state index contributed by atoms with van der Waals surface area (Å²) in [5.41, 5.74) is -2.26. The van der Waals surface area contributed by atoms with Gasteiger partial charge in [-0.25, -0.2) is 4.79 Å². The Balaban J connectivity index is 1.78. The van der Waals surface area contributed by atoms with E-state index < -0.39 is 57.9 Å². The van der Waals surface area contributed by atoms with Gasteiger partial charge in [0.05, 0.1) is 36.9 Å². The minimum atomic E-state index is -1.19. The van der Waals surface area contributed by atoms with Crippen molar-refractivity contribution >= 4 is 23.7 Å². The molecular weight excluding hydrogens is 492 g/mol. The number of fused-ring (bicyclic) bond motifs is 5. The van der Waals surface area contributed by atoms with Crippen LogP contribution in [0.2, 0.25) is 0 Å². The lowest BCUT2D eigenvalue weighted by molar-refractivity contribution is -0.168. The maximum atomic E-state index is 13.3. The Morgan fingerprint density at radius 2 is 1.76 bits per heavy atom. The van der Waals surface area contributed by atoms with Crippen LogP contribution in [-0.4, -0.2) is 42.5 Å². The van der Waals surface area contributed by atoms with E-state index in [2.05, 4.69) is 0 Å². The average Bonchev–Trinajstić information content (AvgIpc) is 3.44. The van der Waals surface area contributed by atoms with Crippen LogP contribution in [-0.2, 0) is 38.1 Å². The van der Waals surface area contributed by atoms with Crippen molar-refractivity contribution in [3.63, 3.8) is 0 Å². The van der Waals surface area contributed by atoms with Crippen molar-refractivity contribution < 1.29 is 42.5 Å². The molecule has 3 heterocycles. The first-order valence-corrected chi connectivity index (χ1v) is 12.6. The molecule has 0 amide bonds. The lowest BCUT2D eigenvalue weighted by Crippen LogP contribution is -2.56. The predicted octanol–water partition coefficient (Wildman–Crippen LogP) is 4.15. The van der Waals surface area contributed by atoms with E-state index in [0.717, 1.165) is 0 Å². The fraction of sp³-hybridized carbons (Fsp3) is 0.517. The van der Waals surface area contributed by atoms with E-state index in [1.165, 1.54) is 38.7 Å². The van der Waals surface area contributed by atoms with Crippen molar-refractivity contribution in [3.05, 3.63) is 59.3 Å². The third-order valence-electron chi connectivity index (χ3n) is 9.15. The van der Waals surface area contributed by atoms with Crippen molar-refractivity contribution in [3.8, 4) is 0 Å². The SMILES string of the molecule is COC(=O)CC1C(C)(C)C(=O)C=C2OC3(C)C(=CC(OC(C)=O)C4(C)C3=CC(=O)OC4c3ccoc3)C21C. The summed E-state index contributed by atoms with van der Waals surface area (Å²) in [7, 11) is 1.31. The van der Waals surface area contributed by atoms with Gasteiger partial charge in [0.25, 0.3) is 0 Å². The zero-order valence-corrected chi connectivity index (χ0v) is 22.6. The van der Waals surface area contributed by atoms with Crippen molar-refractivity contribution in [2.45, 2.75) is 65.8 Å². The second-order valence-corrected chi connectivity index (χ2v) is 11.6. The number of rotatable bonds is 4. The lowest BCUT2D eigenvalue weighted by atomic mass is 9.50. The third-order valence-corrected chi connectivity index (χ3v) is 9.15. The summed E-state index contributed by atoms with van der Waals surface area (Å²) >= 11 is 0. The molecule has 2 aliphatic carbocycles. The Labute approximate surface area is 220 Å². The molecule has 0 N–H and O–H groups in total. The van der Waals surface area contributed by atoms with E-state index in [1.807, 2.05) is 26.8 Å². The second-order valence-electron chi connectivity index (χ2n) is 11.6. The monoisotopic (exact) mass is 524 g/mol. The van der Waals surface area contributed by atoms with Crippen LogP contribution in [0.15, 0.2) is 58.1 Å². The molecule has 1 aromatic heterocycles. The number of allylic oxidation sites excluding steroid dienone is 2. The highest BCUT2D eigenvalue weighted by Gasteiger charge is 2.70. The average molecular weight is 525 g/mol. The Morgan fingerprint density at radius 1 is 1.05 bits per heavy atom. The summed E-state index contributed by atoms with van der Waals surface area (Å²) < 4.78 is 28.7. The highest BCUT2D eigenvalue weighted by Crippen LogP contribution is 2.69. The van der Waals surface area contributed by atoms with Crippen LogP contribution < -0.4 is 0 Å². The molecule has 5 rings (SSSR count).